The van der Waals surface area contributed by atoms with Gasteiger partial charge >= 0.3 is 0 Å². The molecule has 0 radical (unpaired) electrons. The molecule has 0 saturated heterocycles. The van der Waals surface area contributed by atoms with Gasteiger partial charge in [-0.05, 0) is 25.5 Å². The van der Waals surface area contributed by atoms with Crippen LogP contribution in [0.1, 0.15) is 0 Å². The quantitative estimate of drug-likeness (QED) is 0.646. The molecule has 0 amide bonds. The third-order valence-electron chi connectivity index (χ3n) is 1.96. The summed E-state index contributed by atoms with van der Waals surface area (Å²) in [5.41, 5.74) is 1.70. The third-order valence-corrected chi connectivity index (χ3v) is 3.43. The number of imidazole rings is 1. The van der Waals surface area contributed by atoms with E-state index < -0.39 is 7.14 Å². The molecule has 0 aliphatic rings. The zero-order valence-electron chi connectivity index (χ0n) is 7.64. The van der Waals surface area contributed by atoms with Crippen LogP contribution in [0.15, 0.2) is 30.6 Å². The van der Waals surface area contributed by atoms with Crippen molar-refractivity contribution in [3.05, 3.63) is 30.6 Å². The van der Waals surface area contributed by atoms with Crippen molar-refractivity contribution in [1.82, 2.24) is 9.38 Å². The summed E-state index contributed by atoms with van der Waals surface area (Å²) in [5.74, 6) is 0. The fraction of sp³-hybridized carbons (Fsp3) is 0.222. The maximum atomic E-state index is 11.9. The van der Waals surface area contributed by atoms with Crippen LogP contribution in [0.3, 0.4) is 0 Å². The van der Waals surface area contributed by atoms with Crippen LogP contribution in [0.25, 0.3) is 5.65 Å². The van der Waals surface area contributed by atoms with Gasteiger partial charge in [0.1, 0.15) is 12.8 Å². The van der Waals surface area contributed by atoms with Crippen LogP contribution < -0.4 is 5.44 Å². The van der Waals surface area contributed by atoms with Crippen LogP contribution >= 0.6 is 7.14 Å². The first-order chi connectivity index (χ1) is 6.09. The Morgan fingerprint density at radius 3 is 2.85 bits per heavy atom. The highest BCUT2D eigenvalue weighted by Gasteiger charge is 2.13. The number of rotatable bonds is 1. The van der Waals surface area contributed by atoms with E-state index in [2.05, 4.69) is 4.98 Å². The molecular formula is C9H11N2OP. The molecule has 2 aromatic heterocycles. The molecule has 2 aromatic rings. The molecule has 2 heterocycles. The maximum Gasteiger partial charge on any atom is 0.137 e. The summed E-state index contributed by atoms with van der Waals surface area (Å²) in [5, 5.41) is 0. The second-order valence-corrected chi connectivity index (χ2v) is 6.55. The highest BCUT2D eigenvalue weighted by atomic mass is 31.2. The third kappa shape index (κ3) is 1.40. The topological polar surface area (TPSA) is 34.4 Å². The minimum atomic E-state index is -2.21. The van der Waals surface area contributed by atoms with Crippen LogP contribution in [0.2, 0.25) is 0 Å². The van der Waals surface area contributed by atoms with Crippen molar-refractivity contribution in [3.63, 3.8) is 0 Å². The highest BCUT2D eigenvalue weighted by Crippen LogP contribution is 2.34. The van der Waals surface area contributed by atoms with Gasteiger partial charge < -0.3 is 4.57 Å². The van der Waals surface area contributed by atoms with E-state index in [1.165, 1.54) is 0 Å². The summed E-state index contributed by atoms with van der Waals surface area (Å²) in [6, 6.07) is 5.67. The Bertz CT molecular complexity index is 483. The van der Waals surface area contributed by atoms with E-state index in [1.807, 2.05) is 28.8 Å². The Morgan fingerprint density at radius 1 is 1.38 bits per heavy atom. The predicted octanol–water partition coefficient (Wildman–Crippen LogP) is 1.58. The molecule has 3 nitrogen and oxygen atoms in total. The molecule has 68 valence electrons. The van der Waals surface area contributed by atoms with E-state index in [9.17, 15) is 4.57 Å². The van der Waals surface area contributed by atoms with Crippen molar-refractivity contribution in [2.45, 2.75) is 0 Å². The molecule has 0 atom stereocenters. The fourth-order valence-corrected chi connectivity index (χ4v) is 2.50. The average Bonchev–Trinajstić information content (AvgIpc) is 2.48. The fourth-order valence-electron chi connectivity index (χ4n) is 1.37. The van der Waals surface area contributed by atoms with Gasteiger partial charge in [-0.25, -0.2) is 4.98 Å². The molecule has 13 heavy (non-hydrogen) atoms. The highest BCUT2D eigenvalue weighted by molar-refractivity contribution is 7.69. The van der Waals surface area contributed by atoms with Gasteiger partial charge in [-0.2, -0.15) is 0 Å². The van der Waals surface area contributed by atoms with Crippen LogP contribution in [0, 0.1) is 0 Å². The van der Waals surface area contributed by atoms with Crippen molar-refractivity contribution in [2.75, 3.05) is 13.3 Å². The molecule has 4 heteroatoms. The number of nitrogens with zero attached hydrogens (tertiary/aromatic N) is 2. The second-order valence-electron chi connectivity index (χ2n) is 3.39. The molecule has 2 rings (SSSR count). The molecule has 0 saturated carbocycles. The first-order valence-electron chi connectivity index (χ1n) is 4.07. The van der Waals surface area contributed by atoms with Gasteiger partial charge in [-0.3, -0.25) is 4.40 Å². The van der Waals surface area contributed by atoms with Crippen molar-refractivity contribution >= 4 is 18.2 Å². The Hall–Kier alpha value is -1.08. The summed E-state index contributed by atoms with van der Waals surface area (Å²) in [7, 11) is -2.21. The number of pyridine rings is 1. The predicted molar refractivity (Wildman–Crippen MR) is 54.3 cm³/mol. The Kier molecular flexibility index (Phi) is 1.77. The van der Waals surface area contributed by atoms with Gasteiger partial charge in [0, 0.05) is 12.4 Å². The smallest absolute Gasteiger partial charge is 0.137 e. The minimum Gasteiger partial charge on any atom is -0.318 e. The molecule has 0 aromatic carbocycles. The monoisotopic (exact) mass is 194 g/mol. The largest absolute Gasteiger partial charge is 0.318 e. The second kappa shape index (κ2) is 2.71. The molecule has 0 N–H and O–H groups in total. The number of aromatic nitrogens is 2. The Labute approximate surface area is 76.8 Å². The number of hydrogen-bond donors (Lipinski definition) is 0. The zero-order valence-corrected chi connectivity index (χ0v) is 8.53. The van der Waals surface area contributed by atoms with Crippen molar-refractivity contribution in [1.29, 1.82) is 0 Å². The van der Waals surface area contributed by atoms with E-state index in [1.54, 1.807) is 19.5 Å². The van der Waals surface area contributed by atoms with E-state index >= 15 is 0 Å². The average molecular weight is 194 g/mol. The number of hydrogen-bond acceptors (Lipinski definition) is 2. The van der Waals surface area contributed by atoms with Crippen LogP contribution in [0.5, 0.6) is 0 Å². The van der Waals surface area contributed by atoms with Gasteiger partial charge in [0.15, 0.2) is 0 Å². The van der Waals surface area contributed by atoms with Crippen LogP contribution in [-0.4, -0.2) is 22.7 Å². The zero-order chi connectivity index (χ0) is 9.47. The summed E-state index contributed by atoms with van der Waals surface area (Å²) in [4.78, 5) is 4.13. The summed E-state index contributed by atoms with van der Waals surface area (Å²) in [6.07, 6.45) is 3.55. The van der Waals surface area contributed by atoms with Gasteiger partial charge in [0.05, 0.1) is 5.44 Å². The standard InChI is InChI=1S/C9H11N2OP/c1-13(2,12)9-5-3-4-8-10-6-7-11(8)9/h3-7H,1-2H3. The van der Waals surface area contributed by atoms with Gasteiger partial charge in [0.2, 0.25) is 0 Å². The minimum absolute atomic E-state index is 0.849. The first-order valence-corrected chi connectivity index (χ1v) is 6.67. The molecule has 0 aliphatic carbocycles. The normalized spacial score (nSPS) is 12.2. The van der Waals surface area contributed by atoms with Crippen LogP contribution in [-0.2, 0) is 4.57 Å². The van der Waals surface area contributed by atoms with Crippen molar-refractivity contribution in [3.8, 4) is 0 Å². The molecule has 0 unspecified atom stereocenters. The van der Waals surface area contributed by atoms with Gasteiger partial charge in [-0.15, -0.1) is 0 Å². The Balaban J connectivity index is 2.83. The SMILES string of the molecule is CP(C)(=O)c1cccc2nccn12. The lowest BCUT2D eigenvalue weighted by molar-refractivity contribution is 0.587. The lowest BCUT2D eigenvalue weighted by Crippen LogP contribution is -2.12. The van der Waals surface area contributed by atoms with E-state index in [4.69, 9.17) is 0 Å². The number of fused-ring (bicyclic) bond motifs is 1. The summed E-state index contributed by atoms with van der Waals surface area (Å²) < 4.78 is 13.8. The molecule has 0 bridgehead atoms. The molecule has 0 aliphatic heterocycles. The lowest BCUT2D eigenvalue weighted by atomic mass is 10.5. The molecule has 0 spiro atoms. The molecule has 0 fully saturated rings. The van der Waals surface area contributed by atoms with E-state index in [0.717, 1.165) is 11.1 Å². The molecular weight excluding hydrogens is 183 g/mol. The lowest BCUT2D eigenvalue weighted by Gasteiger charge is -2.08. The maximum absolute atomic E-state index is 11.9. The van der Waals surface area contributed by atoms with Gasteiger partial charge in [-0.1, -0.05) is 6.07 Å². The van der Waals surface area contributed by atoms with E-state index in [-0.39, 0.29) is 0 Å². The van der Waals surface area contributed by atoms with E-state index in [0.29, 0.717) is 0 Å². The first kappa shape index (κ1) is 8.52. The van der Waals surface area contributed by atoms with Gasteiger partial charge in [0.25, 0.3) is 0 Å². The van der Waals surface area contributed by atoms with Crippen LogP contribution in [0.4, 0.5) is 0 Å². The Morgan fingerprint density at radius 2 is 2.15 bits per heavy atom. The van der Waals surface area contributed by atoms with Crippen molar-refractivity contribution < 1.29 is 4.57 Å². The summed E-state index contributed by atoms with van der Waals surface area (Å²) >= 11 is 0. The summed E-state index contributed by atoms with van der Waals surface area (Å²) in [6.45, 7) is 3.53. The van der Waals surface area contributed by atoms with Crippen molar-refractivity contribution in [2.24, 2.45) is 0 Å².